The molecule has 4 nitrogen and oxygen atoms in total. The van der Waals surface area contributed by atoms with Crippen LogP contribution in [0.4, 0.5) is 0 Å². The molecule has 0 radical (unpaired) electrons. The minimum absolute atomic E-state index is 0.248. The minimum atomic E-state index is -3.36. The Morgan fingerprint density at radius 3 is 2.53 bits per heavy atom. The number of rotatable bonds is 3. The lowest BCUT2D eigenvalue weighted by Gasteiger charge is -2.26. The first-order valence-electron chi connectivity index (χ1n) is 5.52. The average molecular weight is 272 g/mol. The second-order valence-corrected chi connectivity index (χ2v) is 6.96. The first-order chi connectivity index (χ1) is 8.16. The van der Waals surface area contributed by atoms with E-state index in [1.807, 2.05) is 6.07 Å². The van der Waals surface area contributed by atoms with E-state index in [-0.39, 0.29) is 6.54 Å². The van der Waals surface area contributed by atoms with Gasteiger partial charge < -0.3 is 5.73 Å². The highest BCUT2D eigenvalue weighted by Crippen LogP contribution is 2.22. The molecule has 0 bridgehead atoms. The molecule has 0 spiro atoms. The smallest absolute Gasteiger partial charge is 0.243 e. The van der Waals surface area contributed by atoms with Gasteiger partial charge in [0, 0.05) is 31.1 Å². The van der Waals surface area contributed by atoms with Crippen LogP contribution in [0, 0.1) is 0 Å². The molecule has 0 unspecified atom stereocenters. The molecule has 0 amide bonds. The number of nitrogens with two attached hydrogens (primary N) is 1. The van der Waals surface area contributed by atoms with Gasteiger partial charge in [-0.1, -0.05) is 18.2 Å². The van der Waals surface area contributed by atoms with E-state index in [4.69, 9.17) is 5.73 Å². The minimum Gasteiger partial charge on any atom is -0.326 e. The Bertz CT molecular complexity index is 482. The van der Waals surface area contributed by atoms with Crippen molar-refractivity contribution in [2.75, 3.05) is 24.6 Å². The maximum Gasteiger partial charge on any atom is 0.243 e. The summed E-state index contributed by atoms with van der Waals surface area (Å²) in [6.45, 7) is 1.43. The van der Waals surface area contributed by atoms with Crippen molar-refractivity contribution >= 4 is 21.8 Å². The summed E-state index contributed by atoms with van der Waals surface area (Å²) in [5, 5.41) is 0. The number of sulfonamides is 1. The summed E-state index contributed by atoms with van der Waals surface area (Å²) in [5.41, 5.74) is 6.28. The predicted molar refractivity (Wildman–Crippen MR) is 70.4 cm³/mol. The molecule has 0 aliphatic carbocycles. The van der Waals surface area contributed by atoms with Crippen LogP contribution in [-0.2, 0) is 16.6 Å². The fraction of sp³-hybridized carbons (Fsp3) is 0.455. The molecule has 1 heterocycles. The van der Waals surface area contributed by atoms with Gasteiger partial charge in [0.15, 0.2) is 0 Å². The maximum atomic E-state index is 12.4. The molecule has 1 fully saturated rings. The van der Waals surface area contributed by atoms with E-state index < -0.39 is 10.0 Å². The molecule has 94 valence electrons. The number of nitrogens with zero attached hydrogens (tertiary/aromatic N) is 1. The molecule has 6 heteroatoms. The van der Waals surface area contributed by atoms with Gasteiger partial charge in [-0.2, -0.15) is 16.1 Å². The number of hydrogen-bond donors (Lipinski definition) is 1. The van der Waals surface area contributed by atoms with Crippen LogP contribution in [0.15, 0.2) is 29.2 Å². The van der Waals surface area contributed by atoms with Crippen LogP contribution in [0.1, 0.15) is 5.56 Å². The zero-order chi connectivity index (χ0) is 12.3. The highest BCUT2D eigenvalue weighted by Gasteiger charge is 2.27. The summed E-state index contributed by atoms with van der Waals surface area (Å²) in [4.78, 5) is 0.356. The van der Waals surface area contributed by atoms with Gasteiger partial charge in [0.1, 0.15) is 0 Å². The van der Waals surface area contributed by atoms with Crippen molar-refractivity contribution < 1.29 is 8.42 Å². The van der Waals surface area contributed by atoms with Gasteiger partial charge in [0.05, 0.1) is 4.90 Å². The average Bonchev–Trinajstić information content (AvgIpc) is 2.39. The van der Waals surface area contributed by atoms with Gasteiger partial charge in [-0.05, 0) is 11.6 Å². The third-order valence-electron chi connectivity index (χ3n) is 2.78. The van der Waals surface area contributed by atoms with Crippen LogP contribution in [0.25, 0.3) is 0 Å². The van der Waals surface area contributed by atoms with Crippen LogP contribution >= 0.6 is 11.8 Å². The Balaban J connectivity index is 2.36. The first kappa shape index (κ1) is 12.9. The van der Waals surface area contributed by atoms with E-state index in [1.54, 1.807) is 34.3 Å². The summed E-state index contributed by atoms with van der Waals surface area (Å²) >= 11 is 1.79. The fourth-order valence-electron chi connectivity index (χ4n) is 1.85. The molecule has 1 aliphatic rings. The SMILES string of the molecule is NCc1ccccc1S(=O)(=O)N1CCSCC1. The molecule has 0 aromatic heterocycles. The van der Waals surface area contributed by atoms with Crippen LogP contribution in [0.2, 0.25) is 0 Å². The maximum absolute atomic E-state index is 12.4. The van der Waals surface area contributed by atoms with E-state index in [1.165, 1.54) is 0 Å². The summed E-state index contributed by atoms with van der Waals surface area (Å²) in [7, 11) is -3.36. The van der Waals surface area contributed by atoms with E-state index >= 15 is 0 Å². The van der Waals surface area contributed by atoms with E-state index in [9.17, 15) is 8.42 Å². The van der Waals surface area contributed by atoms with E-state index in [0.717, 1.165) is 11.5 Å². The van der Waals surface area contributed by atoms with Crippen LogP contribution in [0.3, 0.4) is 0 Å². The predicted octanol–water partition coefficient (Wildman–Crippen LogP) is 0.883. The summed E-state index contributed by atoms with van der Waals surface area (Å²) < 4.78 is 26.4. The summed E-state index contributed by atoms with van der Waals surface area (Å²) in [6, 6.07) is 6.96. The van der Waals surface area contributed by atoms with Crippen molar-refractivity contribution in [3.05, 3.63) is 29.8 Å². The molecule has 2 rings (SSSR count). The van der Waals surface area contributed by atoms with Gasteiger partial charge in [-0.25, -0.2) is 8.42 Å². The summed E-state index contributed by atoms with van der Waals surface area (Å²) in [5.74, 6) is 1.73. The van der Waals surface area contributed by atoms with Crippen LogP contribution < -0.4 is 5.73 Å². The number of benzene rings is 1. The highest BCUT2D eigenvalue weighted by molar-refractivity contribution is 7.99. The first-order valence-corrected chi connectivity index (χ1v) is 8.11. The molecule has 1 aromatic carbocycles. The van der Waals surface area contributed by atoms with Crippen molar-refractivity contribution in [3.63, 3.8) is 0 Å². The quantitative estimate of drug-likeness (QED) is 0.887. The number of thioether (sulfide) groups is 1. The fourth-order valence-corrected chi connectivity index (χ4v) is 4.66. The molecule has 0 saturated carbocycles. The van der Waals surface area contributed by atoms with Gasteiger partial charge in [0.25, 0.3) is 0 Å². The van der Waals surface area contributed by atoms with Gasteiger partial charge in [0.2, 0.25) is 10.0 Å². The molecule has 1 saturated heterocycles. The Hall–Kier alpha value is -0.560. The molecule has 0 atom stereocenters. The van der Waals surface area contributed by atoms with Crippen molar-refractivity contribution in [2.24, 2.45) is 5.73 Å². The van der Waals surface area contributed by atoms with Gasteiger partial charge >= 0.3 is 0 Å². The third kappa shape index (κ3) is 2.65. The zero-order valence-electron chi connectivity index (χ0n) is 9.50. The van der Waals surface area contributed by atoms with Crippen LogP contribution in [-0.4, -0.2) is 37.3 Å². The van der Waals surface area contributed by atoms with E-state index in [2.05, 4.69) is 0 Å². The zero-order valence-corrected chi connectivity index (χ0v) is 11.1. The summed E-state index contributed by atoms with van der Waals surface area (Å²) in [6.07, 6.45) is 0. The Kier molecular flexibility index (Phi) is 4.09. The van der Waals surface area contributed by atoms with Crippen molar-refractivity contribution in [2.45, 2.75) is 11.4 Å². The molecule has 1 aliphatic heterocycles. The van der Waals surface area contributed by atoms with Crippen molar-refractivity contribution in [1.82, 2.24) is 4.31 Å². The Labute approximate surface area is 106 Å². The topological polar surface area (TPSA) is 63.4 Å². The normalized spacial score (nSPS) is 18.2. The van der Waals surface area contributed by atoms with Crippen molar-refractivity contribution in [1.29, 1.82) is 0 Å². The standard InChI is InChI=1S/C11H16N2O2S2/c12-9-10-3-1-2-4-11(10)17(14,15)13-5-7-16-8-6-13/h1-4H,5-9,12H2. The molecular weight excluding hydrogens is 256 g/mol. The number of hydrogen-bond acceptors (Lipinski definition) is 4. The largest absolute Gasteiger partial charge is 0.326 e. The Morgan fingerprint density at radius 1 is 1.24 bits per heavy atom. The third-order valence-corrected chi connectivity index (χ3v) is 5.72. The highest BCUT2D eigenvalue weighted by atomic mass is 32.2. The molecule has 17 heavy (non-hydrogen) atoms. The van der Waals surface area contributed by atoms with E-state index in [0.29, 0.717) is 23.5 Å². The molecule has 1 aromatic rings. The van der Waals surface area contributed by atoms with Crippen molar-refractivity contribution in [3.8, 4) is 0 Å². The Morgan fingerprint density at radius 2 is 1.88 bits per heavy atom. The lowest BCUT2D eigenvalue weighted by Crippen LogP contribution is -2.38. The lowest BCUT2D eigenvalue weighted by molar-refractivity contribution is 0.443. The molecular formula is C11H16N2O2S2. The second kappa shape index (κ2) is 5.39. The monoisotopic (exact) mass is 272 g/mol. The van der Waals surface area contributed by atoms with Gasteiger partial charge in [-0.15, -0.1) is 0 Å². The van der Waals surface area contributed by atoms with Crippen LogP contribution in [0.5, 0.6) is 0 Å². The lowest BCUT2D eigenvalue weighted by atomic mass is 10.2. The second-order valence-electron chi connectivity index (χ2n) is 3.83. The molecule has 2 N–H and O–H groups in total. The van der Waals surface area contributed by atoms with Gasteiger partial charge in [-0.3, -0.25) is 0 Å².